The SMILES string of the molecule is COc1ccc(CCNc2nc3ccccn3n2)cc1. The third-order valence-electron chi connectivity index (χ3n) is 3.10. The summed E-state index contributed by atoms with van der Waals surface area (Å²) in [5.41, 5.74) is 2.10. The Balaban J connectivity index is 1.58. The topological polar surface area (TPSA) is 51.5 Å². The second-order valence-corrected chi connectivity index (χ2v) is 4.46. The van der Waals surface area contributed by atoms with Crippen molar-refractivity contribution in [1.82, 2.24) is 14.6 Å². The van der Waals surface area contributed by atoms with E-state index in [0.29, 0.717) is 5.95 Å². The van der Waals surface area contributed by atoms with Gasteiger partial charge in [-0.15, -0.1) is 5.10 Å². The summed E-state index contributed by atoms with van der Waals surface area (Å²) in [6, 6.07) is 13.9. The lowest BCUT2D eigenvalue weighted by molar-refractivity contribution is 0.414. The van der Waals surface area contributed by atoms with E-state index in [1.807, 2.05) is 36.5 Å². The highest BCUT2D eigenvalue weighted by Crippen LogP contribution is 2.12. The number of benzene rings is 1. The van der Waals surface area contributed by atoms with Gasteiger partial charge in [0.05, 0.1) is 7.11 Å². The van der Waals surface area contributed by atoms with E-state index in [4.69, 9.17) is 4.74 Å². The normalized spacial score (nSPS) is 10.7. The lowest BCUT2D eigenvalue weighted by Gasteiger charge is -2.04. The third kappa shape index (κ3) is 2.71. The molecule has 3 aromatic rings. The van der Waals surface area contributed by atoms with Crippen molar-refractivity contribution < 1.29 is 4.74 Å². The van der Waals surface area contributed by atoms with Gasteiger partial charge in [0.25, 0.3) is 0 Å². The molecule has 1 N–H and O–H groups in total. The molecule has 3 rings (SSSR count). The second kappa shape index (κ2) is 5.61. The molecule has 0 unspecified atom stereocenters. The Morgan fingerprint density at radius 3 is 2.75 bits per heavy atom. The fourth-order valence-electron chi connectivity index (χ4n) is 2.02. The summed E-state index contributed by atoms with van der Waals surface area (Å²) < 4.78 is 6.90. The average Bonchev–Trinajstić information content (AvgIpc) is 2.90. The van der Waals surface area contributed by atoms with Gasteiger partial charge in [-0.3, -0.25) is 0 Å². The minimum absolute atomic E-state index is 0.657. The predicted octanol–water partition coefficient (Wildman–Crippen LogP) is 2.39. The molecule has 1 aromatic carbocycles. The van der Waals surface area contributed by atoms with Crippen LogP contribution in [0.25, 0.3) is 5.65 Å². The van der Waals surface area contributed by atoms with Crippen molar-refractivity contribution in [2.45, 2.75) is 6.42 Å². The highest BCUT2D eigenvalue weighted by atomic mass is 16.5. The molecule has 0 saturated carbocycles. The molecule has 2 heterocycles. The van der Waals surface area contributed by atoms with Crippen molar-refractivity contribution in [2.24, 2.45) is 0 Å². The van der Waals surface area contributed by atoms with Crippen LogP contribution in [-0.2, 0) is 6.42 Å². The van der Waals surface area contributed by atoms with Gasteiger partial charge in [-0.05, 0) is 36.2 Å². The Morgan fingerprint density at radius 2 is 2.00 bits per heavy atom. The van der Waals surface area contributed by atoms with Crippen LogP contribution in [0, 0.1) is 0 Å². The van der Waals surface area contributed by atoms with Gasteiger partial charge >= 0.3 is 0 Å². The van der Waals surface area contributed by atoms with Gasteiger partial charge in [0.15, 0.2) is 5.65 Å². The molecule has 0 amide bonds. The first-order valence-electron chi connectivity index (χ1n) is 6.53. The molecule has 0 atom stereocenters. The van der Waals surface area contributed by atoms with E-state index in [9.17, 15) is 0 Å². The summed E-state index contributed by atoms with van der Waals surface area (Å²) in [6.45, 7) is 0.795. The Hall–Kier alpha value is -2.56. The first-order chi connectivity index (χ1) is 9.85. The Kier molecular flexibility index (Phi) is 3.50. The van der Waals surface area contributed by atoms with Crippen molar-refractivity contribution in [3.63, 3.8) is 0 Å². The quantitative estimate of drug-likeness (QED) is 0.772. The molecule has 0 spiro atoms. The van der Waals surface area contributed by atoms with Crippen LogP contribution < -0.4 is 10.1 Å². The van der Waals surface area contributed by atoms with E-state index >= 15 is 0 Å². The number of rotatable bonds is 5. The molecule has 0 fully saturated rings. The van der Waals surface area contributed by atoms with Crippen LogP contribution in [0.4, 0.5) is 5.95 Å². The molecule has 0 aliphatic rings. The number of hydrogen-bond donors (Lipinski definition) is 1. The van der Waals surface area contributed by atoms with Crippen LogP contribution in [0.3, 0.4) is 0 Å². The maximum atomic E-state index is 5.14. The first-order valence-corrected chi connectivity index (χ1v) is 6.53. The van der Waals surface area contributed by atoms with Crippen LogP contribution in [0.2, 0.25) is 0 Å². The van der Waals surface area contributed by atoms with Crippen LogP contribution >= 0.6 is 0 Å². The number of fused-ring (bicyclic) bond motifs is 1. The van der Waals surface area contributed by atoms with Gasteiger partial charge in [-0.2, -0.15) is 4.98 Å². The Labute approximate surface area is 117 Å². The van der Waals surface area contributed by atoms with Crippen LogP contribution in [0.5, 0.6) is 5.75 Å². The van der Waals surface area contributed by atoms with Gasteiger partial charge in [0.2, 0.25) is 5.95 Å². The van der Waals surface area contributed by atoms with Crippen molar-refractivity contribution in [3.05, 3.63) is 54.2 Å². The minimum atomic E-state index is 0.657. The number of ether oxygens (including phenoxy) is 1. The Bertz CT molecular complexity index is 657. The molecule has 102 valence electrons. The van der Waals surface area contributed by atoms with Gasteiger partial charge in [-0.25, -0.2) is 4.52 Å². The van der Waals surface area contributed by atoms with E-state index in [-0.39, 0.29) is 0 Å². The molecule has 5 nitrogen and oxygen atoms in total. The fourth-order valence-corrected chi connectivity index (χ4v) is 2.02. The number of aromatic nitrogens is 3. The fraction of sp³-hybridized carbons (Fsp3) is 0.200. The zero-order chi connectivity index (χ0) is 13.8. The number of anilines is 1. The molecule has 0 bridgehead atoms. The van der Waals surface area contributed by atoms with Crippen molar-refractivity contribution >= 4 is 11.6 Å². The van der Waals surface area contributed by atoms with Crippen LogP contribution in [-0.4, -0.2) is 28.3 Å². The number of nitrogens with one attached hydrogen (secondary N) is 1. The molecular weight excluding hydrogens is 252 g/mol. The van der Waals surface area contributed by atoms with E-state index in [2.05, 4.69) is 27.5 Å². The molecule has 2 aromatic heterocycles. The lowest BCUT2D eigenvalue weighted by atomic mass is 10.1. The summed E-state index contributed by atoms with van der Waals surface area (Å²) >= 11 is 0. The number of methoxy groups -OCH3 is 1. The number of nitrogens with zero attached hydrogens (tertiary/aromatic N) is 3. The summed E-state index contributed by atoms with van der Waals surface area (Å²) in [7, 11) is 1.67. The van der Waals surface area contributed by atoms with Gasteiger partial charge in [-0.1, -0.05) is 18.2 Å². The van der Waals surface area contributed by atoms with Crippen molar-refractivity contribution in [1.29, 1.82) is 0 Å². The van der Waals surface area contributed by atoms with Gasteiger partial charge in [0, 0.05) is 12.7 Å². The van der Waals surface area contributed by atoms with Crippen LogP contribution in [0.15, 0.2) is 48.7 Å². The molecule has 0 aliphatic carbocycles. The maximum absolute atomic E-state index is 5.14. The smallest absolute Gasteiger partial charge is 0.243 e. The molecule has 20 heavy (non-hydrogen) atoms. The predicted molar refractivity (Wildman–Crippen MR) is 78.2 cm³/mol. The molecule has 5 heteroatoms. The second-order valence-electron chi connectivity index (χ2n) is 4.46. The van der Waals surface area contributed by atoms with Gasteiger partial charge in [0.1, 0.15) is 5.75 Å². The van der Waals surface area contributed by atoms with E-state index in [1.165, 1.54) is 5.56 Å². The monoisotopic (exact) mass is 268 g/mol. The zero-order valence-corrected chi connectivity index (χ0v) is 11.3. The van der Waals surface area contributed by atoms with E-state index < -0.39 is 0 Å². The summed E-state index contributed by atoms with van der Waals surface area (Å²) in [5.74, 6) is 1.54. The number of hydrogen-bond acceptors (Lipinski definition) is 4. The minimum Gasteiger partial charge on any atom is -0.497 e. The highest BCUT2D eigenvalue weighted by Gasteiger charge is 2.01. The van der Waals surface area contributed by atoms with Crippen LogP contribution in [0.1, 0.15) is 5.56 Å². The zero-order valence-electron chi connectivity index (χ0n) is 11.3. The van der Waals surface area contributed by atoms with E-state index in [1.54, 1.807) is 11.6 Å². The highest BCUT2D eigenvalue weighted by molar-refractivity contribution is 5.42. The lowest BCUT2D eigenvalue weighted by Crippen LogP contribution is -2.06. The summed E-state index contributed by atoms with van der Waals surface area (Å²) in [4.78, 5) is 4.39. The summed E-state index contributed by atoms with van der Waals surface area (Å²) in [6.07, 6.45) is 2.80. The first kappa shape index (κ1) is 12.5. The summed E-state index contributed by atoms with van der Waals surface area (Å²) in [5, 5.41) is 7.58. The largest absolute Gasteiger partial charge is 0.497 e. The molecule has 0 aliphatic heterocycles. The molecular formula is C15H16N4O. The molecule has 0 saturated heterocycles. The third-order valence-corrected chi connectivity index (χ3v) is 3.10. The molecule has 0 radical (unpaired) electrons. The van der Waals surface area contributed by atoms with E-state index in [0.717, 1.165) is 24.4 Å². The van der Waals surface area contributed by atoms with Gasteiger partial charge < -0.3 is 10.1 Å². The number of pyridine rings is 1. The maximum Gasteiger partial charge on any atom is 0.243 e. The standard InChI is InChI=1S/C15H16N4O/c1-20-13-7-5-12(6-8-13)9-10-16-15-17-14-4-2-3-11-19(14)18-15/h2-8,11H,9-10H2,1H3,(H,16,18). The van der Waals surface area contributed by atoms with Crippen molar-refractivity contribution in [3.8, 4) is 5.75 Å². The average molecular weight is 268 g/mol. The van der Waals surface area contributed by atoms with Crippen molar-refractivity contribution in [2.75, 3.05) is 19.0 Å². The Morgan fingerprint density at radius 1 is 1.15 bits per heavy atom.